The Morgan fingerprint density at radius 3 is 2.00 bits per heavy atom. The number of aliphatic hydroxyl groups is 1. The van der Waals surface area contributed by atoms with Gasteiger partial charge in [-0.05, 0) is 78.0 Å². The number of nitrogens with one attached hydrogen (secondary N) is 1. The van der Waals surface area contributed by atoms with Crippen molar-refractivity contribution in [1.82, 2.24) is 5.32 Å². The number of esters is 1. The van der Waals surface area contributed by atoms with E-state index < -0.39 is 24.0 Å². The van der Waals surface area contributed by atoms with Crippen LogP contribution in [0.2, 0.25) is 0 Å². The Bertz CT molecular complexity index is 833. The zero-order valence-electron chi connectivity index (χ0n) is 14.3. The lowest BCUT2D eigenvalue weighted by Gasteiger charge is -2.18. The molecule has 2 unspecified atom stereocenters. The molecule has 0 aliphatic heterocycles. The summed E-state index contributed by atoms with van der Waals surface area (Å²) in [4.78, 5) is 23.8. The van der Waals surface area contributed by atoms with E-state index in [0.717, 1.165) is 14.7 Å². The van der Waals surface area contributed by atoms with Gasteiger partial charge in [0.25, 0.3) is 5.91 Å². The van der Waals surface area contributed by atoms with Crippen LogP contribution in [0, 0.1) is 15.4 Å². The number of halogens is 1. The van der Waals surface area contributed by atoms with Gasteiger partial charge in [0.1, 0.15) is 0 Å². The van der Waals surface area contributed by atoms with Crippen LogP contribution in [0.5, 0.6) is 0 Å². The Morgan fingerprint density at radius 1 is 1.04 bits per heavy atom. The zero-order valence-corrected chi connectivity index (χ0v) is 16.5. The molecule has 0 heterocycles. The van der Waals surface area contributed by atoms with E-state index >= 15 is 0 Å². The molecule has 26 heavy (non-hydrogen) atoms. The number of amides is 1. The first-order valence-electron chi connectivity index (χ1n) is 7.85. The average molecular weight is 463 g/mol. The SMILES string of the molecule is COC(=O)C(NC(=O)c1ccc(C#Cc2ccc(I)cc2)cc1)C(C)O. The minimum Gasteiger partial charge on any atom is -0.467 e. The average Bonchev–Trinajstić information content (AvgIpc) is 2.65. The molecule has 2 atom stereocenters. The summed E-state index contributed by atoms with van der Waals surface area (Å²) in [6.07, 6.45) is -1.06. The Balaban J connectivity index is 2.08. The van der Waals surface area contributed by atoms with Crippen molar-refractivity contribution < 1.29 is 19.4 Å². The van der Waals surface area contributed by atoms with E-state index in [4.69, 9.17) is 0 Å². The molecule has 0 saturated carbocycles. The summed E-state index contributed by atoms with van der Waals surface area (Å²) in [6, 6.07) is 13.4. The van der Waals surface area contributed by atoms with Crippen molar-refractivity contribution >= 4 is 34.5 Å². The van der Waals surface area contributed by atoms with Crippen molar-refractivity contribution in [3.8, 4) is 11.8 Å². The van der Waals surface area contributed by atoms with Crippen LogP contribution < -0.4 is 5.32 Å². The van der Waals surface area contributed by atoms with E-state index in [0.29, 0.717) is 5.56 Å². The second kappa shape index (κ2) is 9.36. The molecule has 134 valence electrons. The highest BCUT2D eigenvalue weighted by Gasteiger charge is 2.26. The summed E-state index contributed by atoms with van der Waals surface area (Å²) in [6.45, 7) is 1.41. The standard InChI is InChI=1S/C20H18INO4/c1-13(23)18(20(25)26-2)22-19(24)16-9-5-14(6-10-16)3-4-15-7-11-17(21)12-8-15/h5-13,18,23H,1-2H3,(H,22,24). The fourth-order valence-electron chi connectivity index (χ4n) is 2.11. The Morgan fingerprint density at radius 2 is 1.54 bits per heavy atom. The van der Waals surface area contributed by atoms with Crippen LogP contribution in [0.25, 0.3) is 0 Å². The van der Waals surface area contributed by atoms with Crippen LogP contribution in [-0.4, -0.2) is 36.2 Å². The number of hydrogen-bond donors (Lipinski definition) is 2. The minimum atomic E-state index is -1.12. The Hall–Kier alpha value is -2.37. The van der Waals surface area contributed by atoms with E-state index in [1.807, 2.05) is 24.3 Å². The molecule has 0 aromatic heterocycles. The van der Waals surface area contributed by atoms with Crippen molar-refractivity contribution in [1.29, 1.82) is 0 Å². The van der Waals surface area contributed by atoms with Crippen LogP contribution in [0.3, 0.4) is 0 Å². The van der Waals surface area contributed by atoms with Crippen molar-refractivity contribution in [3.05, 3.63) is 68.8 Å². The van der Waals surface area contributed by atoms with Crippen LogP contribution in [-0.2, 0) is 9.53 Å². The number of benzene rings is 2. The first-order valence-corrected chi connectivity index (χ1v) is 8.93. The molecule has 0 aliphatic carbocycles. The van der Waals surface area contributed by atoms with E-state index in [1.54, 1.807) is 24.3 Å². The molecular formula is C20H18INO4. The summed E-state index contributed by atoms with van der Waals surface area (Å²) in [7, 11) is 1.20. The molecule has 0 radical (unpaired) electrons. The zero-order chi connectivity index (χ0) is 19.1. The van der Waals surface area contributed by atoms with Gasteiger partial charge in [-0.3, -0.25) is 4.79 Å². The third kappa shape index (κ3) is 5.58. The quantitative estimate of drug-likeness (QED) is 0.415. The maximum absolute atomic E-state index is 12.2. The van der Waals surface area contributed by atoms with Crippen molar-refractivity contribution in [2.24, 2.45) is 0 Å². The molecule has 0 bridgehead atoms. The number of aliphatic hydroxyl groups excluding tert-OH is 1. The van der Waals surface area contributed by atoms with Crippen molar-refractivity contribution in [3.63, 3.8) is 0 Å². The van der Waals surface area contributed by atoms with Crippen LogP contribution in [0.1, 0.15) is 28.4 Å². The topological polar surface area (TPSA) is 75.6 Å². The smallest absolute Gasteiger partial charge is 0.331 e. The molecule has 2 rings (SSSR count). The number of carbonyl (C=O) groups excluding carboxylic acids is 2. The second-order valence-electron chi connectivity index (χ2n) is 5.55. The summed E-state index contributed by atoms with van der Waals surface area (Å²) in [5, 5.41) is 12.1. The molecule has 0 aliphatic rings. The minimum absolute atomic E-state index is 0.361. The molecule has 2 N–H and O–H groups in total. The van der Waals surface area contributed by atoms with E-state index in [2.05, 4.69) is 44.5 Å². The fraction of sp³-hybridized carbons (Fsp3) is 0.200. The summed E-state index contributed by atoms with van der Waals surface area (Å²) >= 11 is 2.23. The molecule has 6 heteroatoms. The first kappa shape index (κ1) is 19.9. The van der Waals surface area contributed by atoms with Crippen LogP contribution >= 0.6 is 22.6 Å². The third-order valence-corrected chi connectivity index (χ3v) is 4.29. The van der Waals surface area contributed by atoms with Gasteiger partial charge in [0.05, 0.1) is 13.2 Å². The number of hydrogen-bond acceptors (Lipinski definition) is 4. The van der Waals surface area contributed by atoms with E-state index in [9.17, 15) is 14.7 Å². The fourth-order valence-corrected chi connectivity index (χ4v) is 2.47. The largest absolute Gasteiger partial charge is 0.467 e. The van der Waals surface area contributed by atoms with Gasteiger partial charge in [-0.1, -0.05) is 11.8 Å². The molecule has 5 nitrogen and oxygen atoms in total. The normalized spacial score (nSPS) is 12.3. The highest BCUT2D eigenvalue weighted by Crippen LogP contribution is 2.08. The monoisotopic (exact) mass is 463 g/mol. The third-order valence-electron chi connectivity index (χ3n) is 3.57. The molecule has 2 aromatic rings. The predicted molar refractivity (Wildman–Crippen MR) is 107 cm³/mol. The van der Waals surface area contributed by atoms with E-state index in [1.165, 1.54) is 14.0 Å². The number of methoxy groups -OCH3 is 1. The van der Waals surface area contributed by atoms with E-state index in [-0.39, 0.29) is 0 Å². The lowest BCUT2D eigenvalue weighted by molar-refractivity contribution is -0.145. The van der Waals surface area contributed by atoms with Gasteiger partial charge >= 0.3 is 5.97 Å². The van der Waals surface area contributed by atoms with Crippen LogP contribution in [0.4, 0.5) is 0 Å². The summed E-state index contributed by atoms with van der Waals surface area (Å²) in [5.41, 5.74) is 2.03. The molecule has 2 aromatic carbocycles. The molecule has 0 fully saturated rings. The maximum atomic E-state index is 12.2. The predicted octanol–water partition coefficient (Wildman–Crippen LogP) is 2.34. The highest BCUT2D eigenvalue weighted by molar-refractivity contribution is 14.1. The van der Waals surface area contributed by atoms with Gasteiger partial charge < -0.3 is 15.2 Å². The van der Waals surface area contributed by atoms with Gasteiger partial charge in [-0.15, -0.1) is 0 Å². The lowest BCUT2D eigenvalue weighted by Crippen LogP contribution is -2.48. The molecule has 0 spiro atoms. The summed E-state index contributed by atoms with van der Waals surface area (Å²) in [5.74, 6) is 4.92. The van der Waals surface area contributed by atoms with Crippen molar-refractivity contribution in [2.75, 3.05) is 7.11 Å². The highest BCUT2D eigenvalue weighted by atomic mass is 127. The summed E-state index contributed by atoms with van der Waals surface area (Å²) < 4.78 is 5.72. The van der Waals surface area contributed by atoms with Crippen molar-refractivity contribution in [2.45, 2.75) is 19.1 Å². The lowest BCUT2D eigenvalue weighted by atomic mass is 10.1. The number of carbonyl (C=O) groups is 2. The molecular weight excluding hydrogens is 445 g/mol. The maximum Gasteiger partial charge on any atom is 0.331 e. The Kier molecular flexibility index (Phi) is 7.18. The van der Waals surface area contributed by atoms with Gasteiger partial charge in [-0.2, -0.15) is 0 Å². The molecule has 1 amide bonds. The first-order chi connectivity index (χ1) is 12.4. The van der Waals surface area contributed by atoms with Gasteiger partial charge in [0.15, 0.2) is 6.04 Å². The van der Waals surface area contributed by atoms with Gasteiger partial charge in [-0.25, -0.2) is 4.79 Å². The Labute approximate surface area is 165 Å². The van der Waals surface area contributed by atoms with Gasteiger partial charge in [0.2, 0.25) is 0 Å². The second-order valence-corrected chi connectivity index (χ2v) is 6.79. The van der Waals surface area contributed by atoms with Crippen LogP contribution in [0.15, 0.2) is 48.5 Å². The molecule has 0 saturated heterocycles. The van der Waals surface area contributed by atoms with Gasteiger partial charge in [0, 0.05) is 20.3 Å². The number of rotatable bonds is 4. The number of ether oxygens (including phenoxy) is 1.